The summed E-state index contributed by atoms with van der Waals surface area (Å²) < 4.78 is 10.7. The molecule has 3 nitrogen and oxygen atoms in total. The molecule has 17 heavy (non-hydrogen) atoms. The van der Waals surface area contributed by atoms with E-state index in [0.29, 0.717) is 11.5 Å². The van der Waals surface area contributed by atoms with E-state index in [1.165, 1.54) is 11.3 Å². The molecule has 0 fully saturated rings. The molecule has 0 atom stereocenters. The predicted molar refractivity (Wildman–Crippen MR) is 67.0 cm³/mol. The molecule has 0 N–H and O–H groups in total. The summed E-state index contributed by atoms with van der Waals surface area (Å²) in [6.07, 6.45) is 0.822. The highest BCUT2D eigenvalue weighted by Gasteiger charge is 2.01. The lowest BCUT2D eigenvalue weighted by Gasteiger charge is -2.05. The minimum atomic E-state index is 0.465. The van der Waals surface area contributed by atoms with E-state index in [2.05, 4.69) is 0 Å². The van der Waals surface area contributed by atoms with Crippen LogP contribution in [0.25, 0.3) is 0 Å². The number of methoxy groups -OCH3 is 1. The maximum absolute atomic E-state index is 10.5. The molecule has 0 aliphatic carbocycles. The van der Waals surface area contributed by atoms with Gasteiger partial charge in [-0.2, -0.15) is 0 Å². The van der Waals surface area contributed by atoms with Crippen LogP contribution < -0.4 is 9.47 Å². The smallest absolute Gasteiger partial charge is 0.160 e. The molecule has 0 aliphatic heterocycles. The van der Waals surface area contributed by atoms with Crippen molar-refractivity contribution in [2.45, 2.75) is 6.61 Å². The minimum Gasteiger partial charge on any atom is -0.497 e. The number of aldehydes is 1. The van der Waals surface area contributed by atoms with Gasteiger partial charge in [-0.25, -0.2) is 0 Å². The summed E-state index contributed by atoms with van der Waals surface area (Å²) in [6.45, 7) is 0.465. The molecular weight excluding hydrogens is 236 g/mol. The largest absolute Gasteiger partial charge is 0.497 e. The average molecular weight is 248 g/mol. The Kier molecular flexibility index (Phi) is 3.77. The van der Waals surface area contributed by atoms with Crippen LogP contribution in [0.1, 0.15) is 15.2 Å². The van der Waals surface area contributed by atoms with Crippen LogP contribution in [0.15, 0.2) is 35.7 Å². The van der Waals surface area contributed by atoms with E-state index in [4.69, 9.17) is 9.47 Å². The SMILES string of the molecule is COc1cccc(COc2csc(C=O)c2)c1. The van der Waals surface area contributed by atoms with Gasteiger partial charge in [0.1, 0.15) is 18.1 Å². The molecule has 88 valence electrons. The van der Waals surface area contributed by atoms with Gasteiger partial charge in [0.25, 0.3) is 0 Å². The van der Waals surface area contributed by atoms with Crippen molar-refractivity contribution in [1.82, 2.24) is 0 Å². The van der Waals surface area contributed by atoms with E-state index in [1.54, 1.807) is 13.2 Å². The van der Waals surface area contributed by atoms with Crippen LogP contribution in [0.2, 0.25) is 0 Å². The summed E-state index contributed by atoms with van der Waals surface area (Å²) in [5, 5.41) is 1.82. The molecule has 1 aromatic carbocycles. The van der Waals surface area contributed by atoms with E-state index in [9.17, 15) is 4.79 Å². The topological polar surface area (TPSA) is 35.5 Å². The van der Waals surface area contributed by atoms with Crippen molar-refractivity contribution in [3.8, 4) is 11.5 Å². The molecule has 0 radical (unpaired) electrons. The van der Waals surface area contributed by atoms with Gasteiger partial charge < -0.3 is 9.47 Å². The maximum Gasteiger partial charge on any atom is 0.160 e. The molecule has 0 saturated carbocycles. The van der Waals surface area contributed by atoms with Gasteiger partial charge in [-0.05, 0) is 17.7 Å². The van der Waals surface area contributed by atoms with Gasteiger partial charge in [0.2, 0.25) is 0 Å². The minimum absolute atomic E-state index is 0.465. The Hall–Kier alpha value is -1.81. The number of thiophene rings is 1. The molecule has 1 heterocycles. The van der Waals surface area contributed by atoms with Crippen LogP contribution in [0, 0.1) is 0 Å². The van der Waals surface area contributed by atoms with Gasteiger partial charge in [-0.3, -0.25) is 4.79 Å². The zero-order chi connectivity index (χ0) is 12.1. The zero-order valence-corrected chi connectivity index (χ0v) is 10.2. The Morgan fingerprint density at radius 3 is 2.88 bits per heavy atom. The van der Waals surface area contributed by atoms with Crippen molar-refractivity contribution in [1.29, 1.82) is 0 Å². The quantitative estimate of drug-likeness (QED) is 0.762. The Labute approximate surface area is 104 Å². The fourth-order valence-corrected chi connectivity index (χ4v) is 2.03. The number of hydrogen-bond donors (Lipinski definition) is 0. The predicted octanol–water partition coefficient (Wildman–Crippen LogP) is 3.15. The first-order valence-corrected chi connectivity index (χ1v) is 5.99. The van der Waals surface area contributed by atoms with Gasteiger partial charge in [-0.15, -0.1) is 11.3 Å². The standard InChI is InChI=1S/C13H12O3S/c1-15-11-4-2-3-10(5-11)8-16-12-6-13(7-14)17-9-12/h2-7,9H,8H2,1H3. The van der Waals surface area contributed by atoms with Gasteiger partial charge >= 0.3 is 0 Å². The maximum atomic E-state index is 10.5. The molecule has 2 rings (SSSR count). The van der Waals surface area contributed by atoms with Crippen molar-refractivity contribution in [3.63, 3.8) is 0 Å². The molecule has 0 bridgehead atoms. The van der Waals surface area contributed by atoms with Gasteiger partial charge in [-0.1, -0.05) is 12.1 Å². The summed E-state index contributed by atoms with van der Waals surface area (Å²) in [6, 6.07) is 9.43. The first-order chi connectivity index (χ1) is 8.31. The van der Waals surface area contributed by atoms with Gasteiger partial charge in [0.05, 0.1) is 12.0 Å². The van der Waals surface area contributed by atoms with Crippen molar-refractivity contribution in [3.05, 3.63) is 46.2 Å². The van der Waals surface area contributed by atoms with Crippen LogP contribution in [-0.2, 0) is 6.61 Å². The number of rotatable bonds is 5. The third-order valence-electron chi connectivity index (χ3n) is 2.25. The molecule has 1 aromatic heterocycles. The van der Waals surface area contributed by atoms with Crippen LogP contribution in [-0.4, -0.2) is 13.4 Å². The lowest BCUT2D eigenvalue weighted by Crippen LogP contribution is -1.94. The van der Waals surface area contributed by atoms with E-state index < -0.39 is 0 Å². The number of benzene rings is 1. The Bertz CT molecular complexity index is 505. The second-order valence-corrected chi connectivity index (χ2v) is 4.39. The molecule has 0 spiro atoms. The Morgan fingerprint density at radius 2 is 2.18 bits per heavy atom. The van der Waals surface area contributed by atoms with E-state index in [1.807, 2.05) is 29.6 Å². The monoisotopic (exact) mass is 248 g/mol. The van der Waals surface area contributed by atoms with Crippen LogP contribution in [0.3, 0.4) is 0 Å². The van der Waals surface area contributed by atoms with Crippen molar-refractivity contribution < 1.29 is 14.3 Å². The number of hydrogen-bond acceptors (Lipinski definition) is 4. The number of carbonyl (C=O) groups is 1. The summed E-state index contributed by atoms with van der Waals surface area (Å²) in [5.41, 5.74) is 1.03. The number of carbonyl (C=O) groups excluding carboxylic acids is 1. The lowest BCUT2D eigenvalue weighted by atomic mass is 10.2. The zero-order valence-electron chi connectivity index (χ0n) is 9.38. The Balaban J connectivity index is 1.99. The van der Waals surface area contributed by atoms with Crippen molar-refractivity contribution in [2.75, 3.05) is 7.11 Å². The fraction of sp³-hybridized carbons (Fsp3) is 0.154. The molecule has 0 amide bonds. The first kappa shape index (κ1) is 11.7. The molecule has 2 aromatic rings. The number of ether oxygens (including phenoxy) is 2. The molecule has 0 aliphatic rings. The second kappa shape index (κ2) is 5.50. The van der Waals surface area contributed by atoms with Gasteiger partial charge in [0.15, 0.2) is 6.29 Å². The summed E-state index contributed by atoms with van der Waals surface area (Å²) in [4.78, 5) is 11.2. The third kappa shape index (κ3) is 3.07. The molecule has 0 saturated heterocycles. The lowest BCUT2D eigenvalue weighted by molar-refractivity contribution is 0.112. The van der Waals surface area contributed by atoms with Crippen LogP contribution in [0.5, 0.6) is 11.5 Å². The first-order valence-electron chi connectivity index (χ1n) is 5.11. The summed E-state index contributed by atoms with van der Waals surface area (Å²) >= 11 is 1.37. The highest BCUT2D eigenvalue weighted by molar-refractivity contribution is 7.11. The fourth-order valence-electron chi connectivity index (χ4n) is 1.40. The van der Waals surface area contributed by atoms with Crippen LogP contribution >= 0.6 is 11.3 Å². The molecule has 4 heteroatoms. The van der Waals surface area contributed by atoms with E-state index >= 15 is 0 Å². The second-order valence-electron chi connectivity index (χ2n) is 3.44. The normalized spacial score (nSPS) is 9.94. The highest BCUT2D eigenvalue weighted by Crippen LogP contribution is 2.21. The summed E-state index contributed by atoms with van der Waals surface area (Å²) in [5.74, 6) is 1.53. The Morgan fingerprint density at radius 1 is 1.29 bits per heavy atom. The molecular formula is C13H12O3S. The summed E-state index contributed by atoms with van der Waals surface area (Å²) in [7, 11) is 1.63. The van der Waals surface area contributed by atoms with Crippen LogP contribution in [0.4, 0.5) is 0 Å². The van der Waals surface area contributed by atoms with E-state index in [-0.39, 0.29) is 0 Å². The molecule has 0 unspecified atom stereocenters. The van der Waals surface area contributed by atoms with Crippen molar-refractivity contribution in [2.24, 2.45) is 0 Å². The van der Waals surface area contributed by atoms with Gasteiger partial charge in [0, 0.05) is 11.4 Å². The highest BCUT2D eigenvalue weighted by atomic mass is 32.1. The average Bonchev–Trinajstić information content (AvgIpc) is 2.84. The van der Waals surface area contributed by atoms with Crippen molar-refractivity contribution >= 4 is 17.6 Å². The van der Waals surface area contributed by atoms with E-state index in [0.717, 1.165) is 23.3 Å². The third-order valence-corrected chi connectivity index (χ3v) is 3.09.